The highest BCUT2D eigenvalue weighted by molar-refractivity contribution is 5.38. The Morgan fingerprint density at radius 1 is 1.14 bits per heavy atom. The molecule has 0 fully saturated rings. The third-order valence-electron chi connectivity index (χ3n) is 3.20. The highest BCUT2D eigenvalue weighted by atomic mass is 15.1. The Balaban J connectivity index is 1.67. The van der Waals surface area contributed by atoms with Crippen LogP contribution < -0.4 is 10.6 Å². The Morgan fingerprint density at radius 2 is 1.95 bits per heavy atom. The zero-order valence-corrected chi connectivity index (χ0v) is 12.7. The van der Waals surface area contributed by atoms with E-state index in [0.717, 1.165) is 31.9 Å². The van der Waals surface area contributed by atoms with Gasteiger partial charge in [0, 0.05) is 26.3 Å². The van der Waals surface area contributed by atoms with Crippen LogP contribution in [0.1, 0.15) is 12.0 Å². The molecule has 0 saturated heterocycles. The molecule has 0 unspecified atom stereocenters. The summed E-state index contributed by atoms with van der Waals surface area (Å²) in [6.07, 6.45) is 2.82. The van der Waals surface area contributed by atoms with Gasteiger partial charge in [0.2, 0.25) is 5.95 Å². The molecule has 0 aliphatic heterocycles. The molecule has 0 spiro atoms. The molecule has 0 aliphatic carbocycles. The molecule has 5 heteroatoms. The highest BCUT2D eigenvalue weighted by Gasteiger charge is 2.00. The molecule has 0 amide bonds. The van der Waals surface area contributed by atoms with Crippen molar-refractivity contribution in [1.29, 1.82) is 0 Å². The Morgan fingerprint density at radius 3 is 2.71 bits per heavy atom. The lowest BCUT2D eigenvalue weighted by Gasteiger charge is -2.16. The third-order valence-corrected chi connectivity index (χ3v) is 3.20. The maximum Gasteiger partial charge on any atom is 0.224 e. The second-order valence-electron chi connectivity index (χ2n) is 5.02. The summed E-state index contributed by atoms with van der Waals surface area (Å²) in [7, 11) is 3.97. The van der Waals surface area contributed by atoms with Crippen molar-refractivity contribution in [2.45, 2.75) is 13.0 Å². The fraction of sp³-hybridized carbons (Fsp3) is 0.375. The quantitative estimate of drug-likeness (QED) is 0.730. The molecule has 0 saturated carbocycles. The first-order valence-corrected chi connectivity index (χ1v) is 7.25. The van der Waals surface area contributed by atoms with Crippen LogP contribution in [0.15, 0.2) is 42.6 Å². The van der Waals surface area contributed by atoms with E-state index >= 15 is 0 Å². The van der Waals surface area contributed by atoms with Crippen molar-refractivity contribution in [1.82, 2.24) is 14.9 Å². The first kappa shape index (κ1) is 15.3. The van der Waals surface area contributed by atoms with Gasteiger partial charge in [0.05, 0.1) is 0 Å². The van der Waals surface area contributed by atoms with Crippen LogP contribution in [-0.2, 0) is 6.54 Å². The topological polar surface area (TPSA) is 53.1 Å². The SMILES string of the molecule is CNc1nccc(NCCCN(C)Cc2ccccc2)n1. The number of rotatable bonds is 8. The van der Waals surface area contributed by atoms with Gasteiger partial charge in [0.15, 0.2) is 0 Å². The summed E-state index contributed by atoms with van der Waals surface area (Å²) in [6, 6.07) is 12.4. The Hall–Kier alpha value is -2.14. The van der Waals surface area contributed by atoms with Gasteiger partial charge in [-0.2, -0.15) is 4.98 Å². The lowest BCUT2D eigenvalue weighted by molar-refractivity contribution is 0.325. The van der Waals surface area contributed by atoms with Crippen molar-refractivity contribution in [3.63, 3.8) is 0 Å². The summed E-state index contributed by atoms with van der Waals surface area (Å²) in [4.78, 5) is 10.7. The Bertz CT molecular complexity index is 529. The summed E-state index contributed by atoms with van der Waals surface area (Å²) >= 11 is 0. The molecular formula is C16H23N5. The maximum atomic E-state index is 4.33. The van der Waals surface area contributed by atoms with Crippen LogP contribution in [0.5, 0.6) is 0 Å². The largest absolute Gasteiger partial charge is 0.370 e. The van der Waals surface area contributed by atoms with Crippen molar-refractivity contribution < 1.29 is 0 Å². The van der Waals surface area contributed by atoms with Gasteiger partial charge in [-0.3, -0.25) is 0 Å². The molecule has 0 aliphatic rings. The average molecular weight is 285 g/mol. The average Bonchev–Trinajstić information content (AvgIpc) is 2.53. The zero-order valence-electron chi connectivity index (χ0n) is 12.7. The summed E-state index contributed by atoms with van der Waals surface area (Å²) < 4.78 is 0. The molecule has 0 bridgehead atoms. The van der Waals surface area contributed by atoms with Gasteiger partial charge < -0.3 is 15.5 Å². The summed E-state index contributed by atoms with van der Waals surface area (Å²) in [5, 5.41) is 6.25. The second kappa shape index (κ2) is 8.21. The van der Waals surface area contributed by atoms with Gasteiger partial charge in [0.25, 0.3) is 0 Å². The number of anilines is 2. The molecule has 1 aromatic heterocycles. The minimum Gasteiger partial charge on any atom is -0.370 e. The smallest absolute Gasteiger partial charge is 0.224 e. The van der Waals surface area contributed by atoms with Crippen molar-refractivity contribution in [3.05, 3.63) is 48.2 Å². The molecule has 2 N–H and O–H groups in total. The van der Waals surface area contributed by atoms with Crippen molar-refractivity contribution >= 4 is 11.8 Å². The minimum atomic E-state index is 0.640. The maximum absolute atomic E-state index is 4.33. The Labute approximate surface area is 126 Å². The second-order valence-corrected chi connectivity index (χ2v) is 5.02. The summed E-state index contributed by atoms with van der Waals surface area (Å²) in [6.45, 7) is 2.93. The monoisotopic (exact) mass is 285 g/mol. The van der Waals surface area contributed by atoms with Crippen molar-refractivity contribution in [2.24, 2.45) is 0 Å². The fourth-order valence-electron chi connectivity index (χ4n) is 2.12. The van der Waals surface area contributed by atoms with E-state index in [1.54, 1.807) is 6.20 Å². The standard InChI is InChI=1S/C16H23N5/c1-17-16-19-11-9-15(20-16)18-10-6-12-21(2)13-14-7-4-3-5-8-14/h3-5,7-9,11H,6,10,12-13H2,1-2H3,(H2,17,18,19,20). The number of nitrogens with one attached hydrogen (secondary N) is 2. The van der Waals surface area contributed by atoms with Gasteiger partial charge in [0.1, 0.15) is 5.82 Å². The van der Waals surface area contributed by atoms with E-state index in [1.807, 2.05) is 13.1 Å². The Kier molecular flexibility index (Phi) is 5.97. The number of hydrogen-bond acceptors (Lipinski definition) is 5. The van der Waals surface area contributed by atoms with Gasteiger partial charge in [-0.25, -0.2) is 4.98 Å². The van der Waals surface area contributed by atoms with Crippen LogP contribution in [0.4, 0.5) is 11.8 Å². The molecule has 1 aromatic carbocycles. The van der Waals surface area contributed by atoms with Crippen LogP contribution >= 0.6 is 0 Å². The van der Waals surface area contributed by atoms with E-state index in [2.05, 4.69) is 62.9 Å². The van der Waals surface area contributed by atoms with Gasteiger partial charge in [-0.05, 0) is 31.6 Å². The number of benzene rings is 1. The van der Waals surface area contributed by atoms with E-state index in [4.69, 9.17) is 0 Å². The normalized spacial score (nSPS) is 10.6. The van der Waals surface area contributed by atoms with E-state index < -0.39 is 0 Å². The van der Waals surface area contributed by atoms with Gasteiger partial charge in [-0.1, -0.05) is 30.3 Å². The number of nitrogens with zero attached hydrogens (tertiary/aromatic N) is 3. The van der Waals surface area contributed by atoms with Gasteiger partial charge >= 0.3 is 0 Å². The first-order chi connectivity index (χ1) is 10.3. The van der Waals surface area contributed by atoms with E-state index in [1.165, 1.54) is 5.56 Å². The number of aromatic nitrogens is 2. The van der Waals surface area contributed by atoms with E-state index in [9.17, 15) is 0 Å². The molecule has 0 radical (unpaired) electrons. The fourth-order valence-corrected chi connectivity index (χ4v) is 2.12. The molecule has 112 valence electrons. The minimum absolute atomic E-state index is 0.640. The summed E-state index contributed by atoms with van der Waals surface area (Å²) in [5.74, 6) is 1.50. The predicted octanol–water partition coefficient (Wildman–Crippen LogP) is 2.45. The molecule has 2 rings (SSSR count). The van der Waals surface area contributed by atoms with E-state index in [-0.39, 0.29) is 0 Å². The lowest BCUT2D eigenvalue weighted by Crippen LogP contribution is -2.21. The van der Waals surface area contributed by atoms with Crippen molar-refractivity contribution in [2.75, 3.05) is 37.8 Å². The lowest BCUT2D eigenvalue weighted by atomic mass is 10.2. The summed E-state index contributed by atoms with van der Waals surface area (Å²) in [5.41, 5.74) is 1.35. The van der Waals surface area contributed by atoms with Crippen LogP contribution in [0, 0.1) is 0 Å². The van der Waals surface area contributed by atoms with E-state index in [0.29, 0.717) is 5.95 Å². The molecule has 1 heterocycles. The van der Waals surface area contributed by atoms with Crippen LogP contribution in [0.3, 0.4) is 0 Å². The predicted molar refractivity (Wildman–Crippen MR) is 87.5 cm³/mol. The number of hydrogen-bond donors (Lipinski definition) is 2. The zero-order chi connectivity index (χ0) is 14.9. The molecule has 0 atom stereocenters. The van der Waals surface area contributed by atoms with Crippen molar-refractivity contribution in [3.8, 4) is 0 Å². The highest BCUT2D eigenvalue weighted by Crippen LogP contribution is 2.06. The molecule has 2 aromatic rings. The first-order valence-electron chi connectivity index (χ1n) is 7.25. The van der Waals surface area contributed by atoms with Crippen LogP contribution in [0.25, 0.3) is 0 Å². The molecule has 5 nitrogen and oxygen atoms in total. The van der Waals surface area contributed by atoms with Crippen LogP contribution in [-0.4, -0.2) is 42.1 Å². The molecular weight excluding hydrogens is 262 g/mol. The molecule has 21 heavy (non-hydrogen) atoms. The third kappa shape index (κ3) is 5.39. The van der Waals surface area contributed by atoms with Gasteiger partial charge in [-0.15, -0.1) is 0 Å². The van der Waals surface area contributed by atoms with Crippen LogP contribution in [0.2, 0.25) is 0 Å².